The van der Waals surface area contributed by atoms with E-state index in [0.29, 0.717) is 24.0 Å². The number of hydrogen-bond acceptors (Lipinski definition) is 4. The van der Waals surface area contributed by atoms with Crippen molar-refractivity contribution in [3.8, 4) is 0 Å². The molecule has 4 rings (SSSR count). The zero-order valence-electron chi connectivity index (χ0n) is 17.5. The molecule has 6 nitrogen and oxygen atoms in total. The number of aryl methyl sites for hydroxylation is 1. The van der Waals surface area contributed by atoms with Gasteiger partial charge >= 0.3 is 0 Å². The van der Waals surface area contributed by atoms with Crippen molar-refractivity contribution >= 4 is 22.5 Å². The summed E-state index contributed by atoms with van der Waals surface area (Å²) in [7, 11) is 1.83. The van der Waals surface area contributed by atoms with Crippen LogP contribution in [0, 0.1) is 0 Å². The summed E-state index contributed by atoms with van der Waals surface area (Å²) in [6.07, 6.45) is 5.53. The highest BCUT2D eigenvalue weighted by molar-refractivity contribution is 5.77. The van der Waals surface area contributed by atoms with Crippen LogP contribution in [-0.2, 0) is 17.9 Å². The van der Waals surface area contributed by atoms with E-state index < -0.39 is 0 Å². The molecule has 0 aliphatic carbocycles. The van der Waals surface area contributed by atoms with Crippen LogP contribution in [0.15, 0.2) is 59.7 Å². The summed E-state index contributed by atoms with van der Waals surface area (Å²) in [5.74, 6) is 0.0171. The van der Waals surface area contributed by atoms with Crippen molar-refractivity contribution in [2.45, 2.75) is 38.8 Å². The molecule has 0 radical (unpaired) electrons. The number of amides is 1. The minimum absolute atomic E-state index is 0.0171. The molecule has 0 saturated carbocycles. The summed E-state index contributed by atoms with van der Waals surface area (Å²) in [4.78, 5) is 33.9. The fourth-order valence-corrected chi connectivity index (χ4v) is 4.10. The van der Waals surface area contributed by atoms with Gasteiger partial charge in [-0.1, -0.05) is 30.3 Å². The Kier molecular flexibility index (Phi) is 6.12. The molecule has 2 heterocycles. The van der Waals surface area contributed by atoms with Crippen LogP contribution in [0.2, 0.25) is 0 Å². The van der Waals surface area contributed by atoms with Gasteiger partial charge in [-0.15, -0.1) is 0 Å². The molecule has 0 unspecified atom stereocenters. The normalized spacial score (nSPS) is 14.1. The van der Waals surface area contributed by atoms with E-state index in [1.54, 1.807) is 11.0 Å². The van der Waals surface area contributed by atoms with Crippen LogP contribution in [0.4, 0.5) is 5.69 Å². The van der Waals surface area contributed by atoms with Gasteiger partial charge in [0.1, 0.15) is 0 Å². The monoisotopic (exact) mass is 404 g/mol. The molecular formula is C24H28N4O2. The highest BCUT2D eigenvalue weighted by atomic mass is 16.2. The lowest BCUT2D eigenvalue weighted by molar-refractivity contribution is -0.130. The Labute approximate surface area is 176 Å². The van der Waals surface area contributed by atoms with Crippen molar-refractivity contribution in [3.05, 3.63) is 70.8 Å². The van der Waals surface area contributed by atoms with Crippen LogP contribution < -0.4 is 10.5 Å². The molecule has 0 spiro atoms. The third-order valence-electron chi connectivity index (χ3n) is 5.82. The molecule has 6 heteroatoms. The highest BCUT2D eigenvalue weighted by Crippen LogP contribution is 2.25. The van der Waals surface area contributed by atoms with Gasteiger partial charge in [0, 0.05) is 45.3 Å². The Morgan fingerprint density at radius 2 is 1.77 bits per heavy atom. The molecule has 1 aliphatic heterocycles. The maximum atomic E-state index is 12.8. The Morgan fingerprint density at radius 1 is 1.03 bits per heavy atom. The van der Waals surface area contributed by atoms with Gasteiger partial charge in [-0.2, -0.15) is 0 Å². The number of piperidine rings is 1. The lowest BCUT2D eigenvalue weighted by Gasteiger charge is -2.31. The second kappa shape index (κ2) is 9.11. The minimum Gasteiger partial charge on any atom is -0.371 e. The van der Waals surface area contributed by atoms with Gasteiger partial charge in [0.15, 0.2) is 0 Å². The van der Waals surface area contributed by atoms with Crippen molar-refractivity contribution in [1.29, 1.82) is 0 Å². The van der Waals surface area contributed by atoms with Gasteiger partial charge in [-0.3, -0.25) is 14.2 Å². The van der Waals surface area contributed by atoms with E-state index in [2.05, 4.69) is 28.1 Å². The van der Waals surface area contributed by atoms with Crippen molar-refractivity contribution < 1.29 is 4.79 Å². The number of aromatic nitrogens is 2. The summed E-state index contributed by atoms with van der Waals surface area (Å²) in [5, 5.41) is 0.580. The molecule has 1 saturated heterocycles. The zero-order valence-corrected chi connectivity index (χ0v) is 17.5. The second-order valence-corrected chi connectivity index (χ2v) is 7.94. The van der Waals surface area contributed by atoms with E-state index in [4.69, 9.17) is 0 Å². The first kappa shape index (κ1) is 20.1. The number of carbonyl (C=O) groups excluding carboxylic acids is 1. The van der Waals surface area contributed by atoms with Crippen LogP contribution in [0.3, 0.4) is 0 Å². The Bertz CT molecular complexity index is 1090. The number of anilines is 1. The Morgan fingerprint density at radius 3 is 2.60 bits per heavy atom. The highest BCUT2D eigenvalue weighted by Gasteiger charge is 2.17. The van der Waals surface area contributed by atoms with E-state index in [9.17, 15) is 9.59 Å². The largest absolute Gasteiger partial charge is 0.371 e. The quantitative estimate of drug-likeness (QED) is 0.632. The van der Waals surface area contributed by atoms with Crippen LogP contribution in [0.1, 0.15) is 31.2 Å². The molecule has 1 amide bonds. The van der Waals surface area contributed by atoms with E-state index in [1.807, 2.05) is 31.3 Å². The first-order chi connectivity index (χ1) is 14.6. The van der Waals surface area contributed by atoms with Crippen LogP contribution in [-0.4, -0.2) is 40.5 Å². The van der Waals surface area contributed by atoms with E-state index >= 15 is 0 Å². The number of carbonyl (C=O) groups is 1. The summed E-state index contributed by atoms with van der Waals surface area (Å²) in [5.41, 5.74) is 2.97. The molecule has 0 bridgehead atoms. The molecule has 1 aliphatic rings. The van der Waals surface area contributed by atoms with Gasteiger partial charge in [-0.25, -0.2) is 4.98 Å². The third kappa shape index (κ3) is 4.37. The first-order valence-electron chi connectivity index (χ1n) is 10.6. The average molecular weight is 405 g/mol. The fraction of sp³-hybridized carbons (Fsp3) is 0.375. The third-order valence-corrected chi connectivity index (χ3v) is 5.82. The molecule has 1 aromatic heterocycles. The summed E-state index contributed by atoms with van der Waals surface area (Å²) in [6, 6.07) is 15.6. The zero-order chi connectivity index (χ0) is 20.9. The number of rotatable bonds is 6. The van der Waals surface area contributed by atoms with Crippen molar-refractivity contribution in [2.24, 2.45) is 0 Å². The molecule has 2 aromatic carbocycles. The number of nitrogens with zero attached hydrogens (tertiary/aromatic N) is 4. The van der Waals surface area contributed by atoms with E-state index in [1.165, 1.54) is 41.4 Å². The predicted molar refractivity (Wildman–Crippen MR) is 120 cm³/mol. The molecule has 0 atom stereocenters. The molecular weight excluding hydrogens is 376 g/mol. The van der Waals surface area contributed by atoms with Gasteiger partial charge in [0.25, 0.3) is 5.56 Å². The molecule has 30 heavy (non-hydrogen) atoms. The van der Waals surface area contributed by atoms with Crippen molar-refractivity contribution in [3.63, 3.8) is 0 Å². The standard InChI is InChI=1S/C24H28N4O2/c1-26(17-19-9-3-6-12-22(19)27-14-7-2-8-15-27)23(29)13-16-28-18-25-21-11-5-4-10-20(21)24(28)30/h3-6,9-12,18H,2,7-8,13-17H2,1H3. The van der Waals surface area contributed by atoms with Gasteiger partial charge in [0.05, 0.1) is 17.2 Å². The van der Waals surface area contributed by atoms with Gasteiger partial charge < -0.3 is 9.80 Å². The molecule has 3 aromatic rings. The average Bonchev–Trinajstić information content (AvgIpc) is 2.79. The summed E-state index contributed by atoms with van der Waals surface area (Å²) < 4.78 is 1.52. The van der Waals surface area contributed by atoms with Crippen LogP contribution >= 0.6 is 0 Å². The number of para-hydroxylation sites is 2. The Balaban J connectivity index is 1.41. The lowest BCUT2D eigenvalue weighted by atomic mass is 10.1. The first-order valence-corrected chi connectivity index (χ1v) is 10.6. The van der Waals surface area contributed by atoms with E-state index in [0.717, 1.165) is 13.1 Å². The van der Waals surface area contributed by atoms with Crippen molar-refractivity contribution in [1.82, 2.24) is 14.5 Å². The second-order valence-electron chi connectivity index (χ2n) is 7.94. The van der Waals surface area contributed by atoms with Crippen molar-refractivity contribution in [2.75, 3.05) is 25.0 Å². The smallest absolute Gasteiger partial charge is 0.261 e. The maximum absolute atomic E-state index is 12.8. The van der Waals surface area contributed by atoms with E-state index in [-0.39, 0.29) is 17.9 Å². The lowest BCUT2D eigenvalue weighted by Crippen LogP contribution is -2.32. The van der Waals surface area contributed by atoms with Crippen LogP contribution in [0.25, 0.3) is 10.9 Å². The SMILES string of the molecule is CN(Cc1ccccc1N1CCCCC1)C(=O)CCn1cnc2ccccc2c1=O. The predicted octanol–water partition coefficient (Wildman–Crippen LogP) is 3.44. The van der Waals surface area contributed by atoms with Crippen LogP contribution in [0.5, 0.6) is 0 Å². The maximum Gasteiger partial charge on any atom is 0.261 e. The molecule has 156 valence electrons. The van der Waals surface area contributed by atoms with Gasteiger partial charge in [0.2, 0.25) is 5.91 Å². The number of fused-ring (bicyclic) bond motifs is 1. The number of hydrogen-bond donors (Lipinski definition) is 0. The molecule has 0 N–H and O–H groups in total. The Hall–Kier alpha value is -3.15. The van der Waals surface area contributed by atoms with Gasteiger partial charge in [-0.05, 0) is 43.0 Å². The summed E-state index contributed by atoms with van der Waals surface area (Å²) in [6.45, 7) is 3.04. The minimum atomic E-state index is -0.105. The fourth-order valence-electron chi connectivity index (χ4n) is 4.10. The topological polar surface area (TPSA) is 58.4 Å². The molecule has 1 fully saturated rings. The summed E-state index contributed by atoms with van der Waals surface area (Å²) >= 11 is 0. The number of benzene rings is 2.